The lowest BCUT2D eigenvalue weighted by molar-refractivity contribution is -0.139. The molecular formula is C20H21FN6O2. The Morgan fingerprint density at radius 3 is 2.72 bits per heavy atom. The van der Waals surface area contributed by atoms with Gasteiger partial charge in [-0.25, -0.2) is 9.07 Å². The molecule has 29 heavy (non-hydrogen) atoms. The Labute approximate surface area is 167 Å². The number of aryl methyl sites for hydroxylation is 1. The number of morpholine rings is 1. The summed E-state index contributed by atoms with van der Waals surface area (Å²) in [6, 6.07) is 10.4. The minimum absolute atomic E-state index is 0.0433. The summed E-state index contributed by atoms with van der Waals surface area (Å²) in [6.07, 6.45) is 4.07. The van der Waals surface area contributed by atoms with Crippen molar-refractivity contribution in [1.82, 2.24) is 30.1 Å². The molecule has 1 atom stereocenters. The number of pyridine rings is 1. The van der Waals surface area contributed by atoms with Gasteiger partial charge in [-0.2, -0.15) is 0 Å². The second-order valence-corrected chi connectivity index (χ2v) is 6.92. The first-order valence-corrected chi connectivity index (χ1v) is 9.47. The molecule has 0 radical (unpaired) electrons. The predicted molar refractivity (Wildman–Crippen MR) is 101 cm³/mol. The zero-order chi connectivity index (χ0) is 20.1. The number of amides is 1. The van der Waals surface area contributed by atoms with Crippen molar-refractivity contribution in [1.29, 1.82) is 0 Å². The highest BCUT2D eigenvalue weighted by atomic mass is 19.1. The lowest BCUT2D eigenvalue weighted by atomic mass is 10.1. The molecule has 8 nitrogen and oxygen atoms in total. The standard InChI is InChI=1S/C20H21FN6O2/c21-17-4-1-15(2-5-17)11-16-3-6-18(22-12-16)19-13-26(9-10-29-19)20(28)7-8-27-14-23-24-25-27/h1-6,12,14,19H,7-11,13H2/t19-/m1/s1. The molecule has 1 aliphatic rings. The molecule has 1 aliphatic heterocycles. The van der Waals surface area contributed by atoms with Gasteiger partial charge in [-0.3, -0.25) is 9.78 Å². The number of carbonyl (C=O) groups is 1. The number of halogens is 1. The number of hydrogen-bond donors (Lipinski definition) is 0. The van der Waals surface area contributed by atoms with Gasteiger partial charge in [-0.1, -0.05) is 18.2 Å². The van der Waals surface area contributed by atoms with Crippen LogP contribution in [-0.2, 0) is 22.5 Å². The Kier molecular flexibility index (Phi) is 5.85. The summed E-state index contributed by atoms with van der Waals surface area (Å²) in [5, 5.41) is 10.9. The van der Waals surface area contributed by atoms with E-state index in [0.717, 1.165) is 16.8 Å². The van der Waals surface area contributed by atoms with Crippen LogP contribution in [0.5, 0.6) is 0 Å². The van der Waals surface area contributed by atoms with E-state index in [1.165, 1.54) is 23.1 Å². The molecule has 1 fully saturated rings. The molecule has 0 aliphatic carbocycles. The maximum atomic E-state index is 13.0. The quantitative estimate of drug-likeness (QED) is 0.631. The highest BCUT2D eigenvalue weighted by Crippen LogP contribution is 2.22. The molecule has 0 bridgehead atoms. The van der Waals surface area contributed by atoms with E-state index in [9.17, 15) is 9.18 Å². The fourth-order valence-electron chi connectivity index (χ4n) is 3.27. The number of ether oxygens (including phenoxy) is 1. The number of carbonyl (C=O) groups excluding carboxylic acids is 1. The van der Waals surface area contributed by atoms with Gasteiger partial charge in [0.1, 0.15) is 18.2 Å². The van der Waals surface area contributed by atoms with Crippen molar-refractivity contribution >= 4 is 5.91 Å². The van der Waals surface area contributed by atoms with Crippen LogP contribution in [0.25, 0.3) is 0 Å². The van der Waals surface area contributed by atoms with E-state index in [2.05, 4.69) is 20.5 Å². The number of benzene rings is 1. The van der Waals surface area contributed by atoms with Gasteiger partial charge in [-0.15, -0.1) is 5.10 Å². The lowest BCUT2D eigenvalue weighted by Gasteiger charge is -2.32. The maximum Gasteiger partial charge on any atom is 0.224 e. The fraction of sp³-hybridized carbons (Fsp3) is 0.350. The zero-order valence-corrected chi connectivity index (χ0v) is 15.8. The van der Waals surface area contributed by atoms with Crippen LogP contribution in [-0.4, -0.2) is 55.7 Å². The van der Waals surface area contributed by atoms with Gasteiger partial charge in [0.05, 0.1) is 25.4 Å². The molecule has 2 aromatic heterocycles. The molecule has 4 rings (SSSR count). The highest BCUT2D eigenvalue weighted by Gasteiger charge is 2.26. The van der Waals surface area contributed by atoms with Gasteiger partial charge >= 0.3 is 0 Å². The van der Waals surface area contributed by atoms with Crippen LogP contribution in [0, 0.1) is 5.82 Å². The van der Waals surface area contributed by atoms with Gasteiger partial charge in [0, 0.05) is 19.2 Å². The molecule has 1 saturated heterocycles. The molecule has 150 valence electrons. The van der Waals surface area contributed by atoms with E-state index in [-0.39, 0.29) is 17.8 Å². The molecule has 3 heterocycles. The van der Waals surface area contributed by atoms with E-state index < -0.39 is 0 Å². The number of tetrazole rings is 1. The Hall–Kier alpha value is -3.20. The van der Waals surface area contributed by atoms with Gasteiger partial charge in [0.15, 0.2) is 0 Å². The molecule has 1 amide bonds. The zero-order valence-electron chi connectivity index (χ0n) is 15.8. The highest BCUT2D eigenvalue weighted by molar-refractivity contribution is 5.76. The number of aromatic nitrogens is 5. The van der Waals surface area contributed by atoms with Crippen molar-refractivity contribution in [2.24, 2.45) is 0 Å². The molecule has 0 N–H and O–H groups in total. The molecule has 0 spiro atoms. The summed E-state index contributed by atoms with van der Waals surface area (Å²) in [4.78, 5) is 18.8. The van der Waals surface area contributed by atoms with Crippen molar-refractivity contribution in [3.8, 4) is 0 Å². The van der Waals surface area contributed by atoms with Crippen molar-refractivity contribution < 1.29 is 13.9 Å². The fourth-order valence-corrected chi connectivity index (χ4v) is 3.27. The number of nitrogens with zero attached hydrogens (tertiary/aromatic N) is 6. The second kappa shape index (κ2) is 8.87. The van der Waals surface area contributed by atoms with Crippen molar-refractivity contribution in [3.63, 3.8) is 0 Å². The third-order valence-electron chi connectivity index (χ3n) is 4.86. The van der Waals surface area contributed by atoms with Crippen LogP contribution in [0.1, 0.15) is 29.3 Å². The summed E-state index contributed by atoms with van der Waals surface area (Å²) in [6.45, 7) is 1.96. The number of rotatable bonds is 6. The molecule has 1 aromatic carbocycles. The van der Waals surface area contributed by atoms with Crippen LogP contribution in [0.4, 0.5) is 4.39 Å². The second-order valence-electron chi connectivity index (χ2n) is 6.92. The molecule has 9 heteroatoms. The van der Waals surface area contributed by atoms with Crippen LogP contribution in [0.2, 0.25) is 0 Å². The normalized spacial score (nSPS) is 16.7. The molecular weight excluding hydrogens is 375 g/mol. The van der Waals surface area contributed by atoms with E-state index in [1.54, 1.807) is 23.2 Å². The average molecular weight is 396 g/mol. The first-order chi connectivity index (χ1) is 14.2. The maximum absolute atomic E-state index is 13.0. The Morgan fingerprint density at radius 2 is 2.00 bits per heavy atom. The van der Waals surface area contributed by atoms with Gasteiger partial charge in [0.25, 0.3) is 0 Å². The van der Waals surface area contributed by atoms with E-state index in [1.807, 2.05) is 12.1 Å². The smallest absolute Gasteiger partial charge is 0.224 e. The van der Waals surface area contributed by atoms with Gasteiger partial charge in [-0.05, 0) is 46.2 Å². The van der Waals surface area contributed by atoms with E-state index in [0.29, 0.717) is 39.1 Å². The van der Waals surface area contributed by atoms with Crippen molar-refractivity contribution in [2.75, 3.05) is 19.7 Å². The Balaban J connectivity index is 1.34. The van der Waals surface area contributed by atoms with Crippen LogP contribution >= 0.6 is 0 Å². The SMILES string of the molecule is O=C(CCn1cnnn1)N1CCO[C@@H](c2ccc(Cc3ccc(F)cc3)cn2)C1. The van der Waals surface area contributed by atoms with E-state index in [4.69, 9.17) is 4.74 Å². The van der Waals surface area contributed by atoms with E-state index >= 15 is 0 Å². The van der Waals surface area contributed by atoms with Crippen LogP contribution < -0.4 is 0 Å². The summed E-state index contributed by atoms with van der Waals surface area (Å²) in [5.74, 6) is -0.199. The monoisotopic (exact) mass is 396 g/mol. The number of hydrogen-bond acceptors (Lipinski definition) is 6. The van der Waals surface area contributed by atoms with Gasteiger partial charge < -0.3 is 9.64 Å². The van der Waals surface area contributed by atoms with Gasteiger partial charge in [0.2, 0.25) is 5.91 Å². The predicted octanol–water partition coefficient (Wildman–Crippen LogP) is 1.79. The molecule has 0 unspecified atom stereocenters. The third-order valence-corrected chi connectivity index (χ3v) is 4.86. The topological polar surface area (TPSA) is 86.0 Å². The Bertz CT molecular complexity index is 931. The Morgan fingerprint density at radius 1 is 1.17 bits per heavy atom. The minimum Gasteiger partial charge on any atom is -0.368 e. The summed E-state index contributed by atoms with van der Waals surface area (Å²) < 4.78 is 20.4. The third kappa shape index (κ3) is 5.00. The van der Waals surface area contributed by atoms with Crippen molar-refractivity contribution in [2.45, 2.75) is 25.5 Å². The first kappa shape index (κ1) is 19.1. The lowest BCUT2D eigenvalue weighted by Crippen LogP contribution is -2.42. The largest absolute Gasteiger partial charge is 0.368 e. The minimum atomic E-state index is -0.249. The van der Waals surface area contributed by atoms with Crippen LogP contribution in [0.15, 0.2) is 48.9 Å². The molecule has 3 aromatic rings. The first-order valence-electron chi connectivity index (χ1n) is 9.47. The summed E-state index contributed by atoms with van der Waals surface area (Å²) in [7, 11) is 0. The molecule has 0 saturated carbocycles. The van der Waals surface area contributed by atoms with Crippen molar-refractivity contribution in [3.05, 3.63) is 71.6 Å². The summed E-state index contributed by atoms with van der Waals surface area (Å²) in [5.41, 5.74) is 2.85. The average Bonchev–Trinajstić information content (AvgIpc) is 3.28. The van der Waals surface area contributed by atoms with Crippen LogP contribution in [0.3, 0.4) is 0 Å². The summed E-state index contributed by atoms with van der Waals surface area (Å²) >= 11 is 0.